The maximum atomic E-state index is 3.41. The van der Waals surface area contributed by atoms with Gasteiger partial charge < -0.3 is 5.32 Å². The number of nitrogens with one attached hydrogen (secondary N) is 1. The Hall–Kier alpha value is -0.0400. The second kappa shape index (κ2) is 2.25. The lowest BCUT2D eigenvalue weighted by Crippen LogP contribution is -2.40. The van der Waals surface area contributed by atoms with Crippen LogP contribution < -0.4 is 5.32 Å². The van der Waals surface area contributed by atoms with E-state index in [-0.39, 0.29) is 5.54 Å². The Morgan fingerprint density at radius 2 is 1.33 bits per heavy atom. The van der Waals surface area contributed by atoms with Gasteiger partial charge in [0, 0.05) is 5.54 Å². The van der Waals surface area contributed by atoms with Gasteiger partial charge in [0.2, 0.25) is 0 Å². The van der Waals surface area contributed by atoms with E-state index in [0.29, 0.717) is 10.8 Å². The third-order valence-corrected chi connectivity index (χ3v) is 4.39. The van der Waals surface area contributed by atoms with Gasteiger partial charge in [0.15, 0.2) is 0 Å². The SMILES string of the molecule is CNC(C)(C)C1C(C)(C)C1(C)C. The maximum absolute atomic E-state index is 3.41. The van der Waals surface area contributed by atoms with E-state index in [0.717, 1.165) is 5.92 Å². The van der Waals surface area contributed by atoms with Crippen LogP contribution >= 0.6 is 0 Å². The van der Waals surface area contributed by atoms with Crippen molar-refractivity contribution in [2.75, 3.05) is 7.05 Å². The molecule has 1 aliphatic rings. The zero-order chi connectivity index (χ0) is 9.78. The molecule has 0 heterocycles. The highest BCUT2D eigenvalue weighted by Crippen LogP contribution is 2.71. The third-order valence-electron chi connectivity index (χ3n) is 4.39. The van der Waals surface area contributed by atoms with Gasteiger partial charge in [-0.3, -0.25) is 0 Å². The molecule has 1 saturated carbocycles. The van der Waals surface area contributed by atoms with E-state index in [1.165, 1.54) is 0 Å². The van der Waals surface area contributed by atoms with Gasteiger partial charge in [0.1, 0.15) is 0 Å². The van der Waals surface area contributed by atoms with E-state index in [1.54, 1.807) is 0 Å². The predicted molar refractivity (Wildman–Crippen MR) is 54.2 cm³/mol. The fourth-order valence-electron chi connectivity index (χ4n) is 3.14. The molecular formula is C11H23N. The Morgan fingerprint density at radius 3 is 1.42 bits per heavy atom. The average Bonchev–Trinajstić information content (AvgIpc) is 2.25. The van der Waals surface area contributed by atoms with E-state index >= 15 is 0 Å². The van der Waals surface area contributed by atoms with Crippen LogP contribution in [0, 0.1) is 16.7 Å². The van der Waals surface area contributed by atoms with Gasteiger partial charge in [-0.2, -0.15) is 0 Å². The molecule has 0 spiro atoms. The molecule has 72 valence electrons. The molecule has 0 aromatic carbocycles. The maximum Gasteiger partial charge on any atom is 0.0160 e. The lowest BCUT2D eigenvalue weighted by Gasteiger charge is -2.26. The molecule has 0 unspecified atom stereocenters. The van der Waals surface area contributed by atoms with Gasteiger partial charge in [-0.1, -0.05) is 27.7 Å². The summed E-state index contributed by atoms with van der Waals surface area (Å²) in [5.74, 6) is 0.780. The highest BCUT2D eigenvalue weighted by molar-refractivity contribution is 5.19. The fraction of sp³-hybridized carbons (Fsp3) is 1.00. The van der Waals surface area contributed by atoms with Crippen molar-refractivity contribution in [2.45, 2.75) is 47.1 Å². The van der Waals surface area contributed by atoms with Crippen LogP contribution in [0.2, 0.25) is 0 Å². The Bertz CT molecular complexity index is 175. The van der Waals surface area contributed by atoms with Crippen molar-refractivity contribution < 1.29 is 0 Å². The second-order valence-electron chi connectivity index (χ2n) is 5.85. The third kappa shape index (κ3) is 1.02. The Balaban J connectivity index is 2.84. The van der Waals surface area contributed by atoms with Gasteiger partial charge in [-0.15, -0.1) is 0 Å². The lowest BCUT2D eigenvalue weighted by atomic mass is 9.92. The van der Waals surface area contributed by atoms with Gasteiger partial charge in [0.25, 0.3) is 0 Å². The topological polar surface area (TPSA) is 12.0 Å². The highest BCUT2D eigenvalue weighted by Gasteiger charge is 2.69. The molecule has 12 heavy (non-hydrogen) atoms. The molecule has 1 aliphatic carbocycles. The second-order valence-corrected chi connectivity index (χ2v) is 5.85. The molecule has 1 heteroatoms. The van der Waals surface area contributed by atoms with E-state index < -0.39 is 0 Å². The Kier molecular flexibility index (Phi) is 1.89. The summed E-state index contributed by atoms with van der Waals surface area (Å²) in [4.78, 5) is 0. The van der Waals surface area contributed by atoms with E-state index in [4.69, 9.17) is 0 Å². The summed E-state index contributed by atoms with van der Waals surface area (Å²) in [6, 6.07) is 0. The zero-order valence-electron chi connectivity index (χ0n) is 9.58. The van der Waals surface area contributed by atoms with Crippen molar-refractivity contribution in [2.24, 2.45) is 16.7 Å². The van der Waals surface area contributed by atoms with Crippen molar-refractivity contribution >= 4 is 0 Å². The van der Waals surface area contributed by atoms with Crippen LogP contribution in [0.5, 0.6) is 0 Å². The molecule has 1 N–H and O–H groups in total. The molecule has 0 bridgehead atoms. The average molecular weight is 169 g/mol. The first-order valence-corrected chi connectivity index (χ1v) is 4.87. The first kappa shape index (κ1) is 10.0. The summed E-state index contributed by atoms with van der Waals surface area (Å²) in [5.41, 5.74) is 1.24. The van der Waals surface area contributed by atoms with Crippen molar-refractivity contribution in [3.8, 4) is 0 Å². The quantitative estimate of drug-likeness (QED) is 0.670. The molecule has 1 fully saturated rings. The summed E-state index contributed by atoms with van der Waals surface area (Å²) in [6.07, 6.45) is 0. The minimum atomic E-state index is 0.271. The van der Waals surface area contributed by atoms with Crippen LogP contribution in [0.1, 0.15) is 41.5 Å². The molecule has 0 saturated heterocycles. The molecule has 0 aromatic heterocycles. The van der Waals surface area contributed by atoms with Crippen LogP contribution in [-0.2, 0) is 0 Å². The molecule has 1 rings (SSSR count). The summed E-state index contributed by atoms with van der Waals surface area (Å²) in [6.45, 7) is 14.1. The van der Waals surface area contributed by atoms with Crippen molar-refractivity contribution in [1.29, 1.82) is 0 Å². The van der Waals surface area contributed by atoms with E-state index in [2.05, 4.69) is 53.9 Å². The normalized spacial score (nSPS) is 27.2. The summed E-state index contributed by atoms with van der Waals surface area (Å²) in [7, 11) is 2.06. The van der Waals surface area contributed by atoms with Gasteiger partial charge in [-0.05, 0) is 37.6 Å². The smallest absolute Gasteiger partial charge is 0.0160 e. The summed E-state index contributed by atoms with van der Waals surface area (Å²) >= 11 is 0. The minimum absolute atomic E-state index is 0.271. The fourth-order valence-corrected chi connectivity index (χ4v) is 3.14. The van der Waals surface area contributed by atoms with Gasteiger partial charge >= 0.3 is 0 Å². The Labute approximate surface area is 76.9 Å². The van der Waals surface area contributed by atoms with E-state index in [1.807, 2.05) is 0 Å². The molecular weight excluding hydrogens is 146 g/mol. The summed E-state index contributed by atoms with van der Waals surface area (Å²) in [5, 5.41) is 3.41. The summed E-state index contributed by atoms with van der Waals surface area (Å²) < 4.78 is 0. The van der Waals surface area contributed by atoms with Gasteiger partial charge in [0.05, 0.1) is 0 Å². The molecule has 0 amide bonds. The Morgan fingerprint density at radius 1 is 1.00 bits per heavy atom. The first-order valence-electron chi connectivity index (χ1n) is 4.87. The molecule has 0 aliphatic heterocycles. The largest absolute Gasteiger partial charge is 0.314 e. The van der Waals surface area contributed by atoms with Crippen LogP contribution in [0.3, 0.4) is 0 Å². The lowest BCUT2D eigenvalue weighted by molar-refractivity contribution is 0.312. The van der Waals surface area contributed by atoms with Crippen LogP contribution in [0.15, 0.2) is 0 Å². The first-order chi connectivity index (χ1) is 5.18. The molecule has 0 radical (unpaired) electrons. The van der Waals surface area contributed by atoms with Crippen molar-refractivity contribution in [3.05, 3.63) is 0 Å². The van der Waals surface area contributed by atoms with Crippen LogP contribution in [0.25, 0.3) is 0 Å². The zero-order valence-corrected chi connectivity index (χ0v) is 9.58. The number of hydrogen-bond donors (Lipinski definition) is 1. The predicted octanol–water partition coefficient (Wildman–Crippen LogP) is 2.67. The number of rotatable bonds is 2. The van der Waals surface area contributed by atoms with Crippen LogP contribution in [-0.4, -0.2) is 12.6 Å². The standard InChI is InChI=1S/C11H23N/c1-9(2)8(10(9,3)4)11(5,6)12-7/h8,12H,1-7H3. The highest BCUT2D eigenvalue weighted by atomic mass is 15.0. The number of hydrogen-bond acceptors (Lipinski definition) is 1. The van der Waals surface area contributed by atoms with Gasteiger partial charge in [-0.25, -0.2) is 0 Å². The molecule has 0 atom stereocenters. The van der Waals surface area contributed by atoms with E-state index in [9.17, 15) is 0 Å². The molecule has 0 aromatic rings. The monoisotopic (exact) mass is 169 g/mol. The minimum Gasteiger partial charge on any atom is -0.314 e. The van der Waals surface area contributed by atoms with Crippen molar-refractivity contribution in [1.82, 2.24) is 5.32 Å². The van der Waals surface area contributed by atoms with Crippen LogP contribution in [0.4, 0.5) is 0 Å². The van der Waals surface area contributed by atoms with Crippen molar-refractivity contribution in [3.63, 3.8) is 0 Å². The molecule has 1 nitrogen and oxygen atoms in total.